The van der Waals surface area contributed by atoms with E-state index in [9.17, 15) is 4.79 Å². The predicted octanol–water partition coefficient (Wildman–Crippen LogP) is 1.44. The quantitative estimate of drug-likeness (QED) is 0.783. The highest BCUT2D eigenvalue weighted by atomic mass is 35.5. The van der Waals surface area contributed by atoms with Gasteiger partial charge in [0.25, 0.3) is 0 Å². The van der Waals surface area contributed by atoms with Crippen LogP contribution < -0.4 is 11.1 Å². The van der Waals surface area contributed by atoms with E-state index < -0.39 is 6.04 Å². The van der Waals surface area contributed by atoms with Crippen molar-refractivity contribution in [3.63, 3.8) is 0 Å². The lowest BCUT2D eigenvalue weighted by Crippen LogP contribution is -2.40. The first-order chi connectivity index (χ1) is 7.54. The lowest BCUT2D eigenvalue weighted by atomic mass is 9.99. The Morgan fingerprint density at radius 2 is 2.31 bits per heavy atom. The summed E-state index contributed by atoms with van der Waals surface area (Å²) in [5.74, 6) is 0.227. The molecule has 0 bridgehead atoms. The summed E-state index contributed by atoms with van der Waals surface area (Å²) < 4.78 is 0. The fourth-order valence-electron chi connectivity index (χ4n) is 1.12. The van der Waals surface area contributed by atoms with Crippen LogP contribution in [0, 0.1) is 5.92 Å². The van der Waals surface area contributed by atoms with Crippen LogP contribution in [0.1, 0.15) is 20.3 Å². The molecule has 0 aromatic carbocycles. The minimum atomic E-state index is -0.543. The molecule has 5 nitrogen and oxygen atoms in total. The molecule has 0 saturated heterocycles. The van der Waals surface area contributed by atoms with Gasteiger partial charge in [-0.3, -0.25) is 4.79 Å². The maximum absolute atomic E-state index is 11.7. The zero-order chi connectivity index (χ0) is 12.1. The Kier molecular flexibility index (Phi) is 4.64. The Labute approximate surface area is 99.4 Å². The molecule has 0 spiro atoms. The molecule has 0 aliphatic carbocycles. The number of carbonyl (C=O) groups is 1. The number of halogens is 1. The van der Waals surface area contributed by atoms with Crippen molar-refractivity contribution in [1.29, 1.82) is 0 Å². The molecule has 0 saturated carbocycles. The van der Waals surface area contributed by atoms with Gasteiger partial charge in [-0.15, -0.1) is 0 Å². The van der Waals surface area contributed by atoms with Crippen molar-refractivity contribution in [2.24, 2.45) is 11.7 Å². The number of nitrogens with one attached hydrogen (secondary N) is 1. The number of nitrogens with two attached hydrogens (primary N) is 1. The summed E-state index contributed by atoms with van der Waals surface area (Å²) in [5.41, 5.74) is 5.77. The highest BCUT2D eigenvalue weighted by Crippen LogP contribution is 2.11. The van der Waals surface area contributed by atoms with Crippen molar-refractivity contribution >= 4 is 23.3 Å². The van der Waals surface area contributed by atoms with Gasteiger partial charge in [0.15, 0.2) is 0 Å². The number of hydrogen-bond acceptors (Lipinski definition) is 4. The van der Waals surface area contributed by atoms with Gasteiger partial charge >= 0.3 is 0 Å². The Hall–Kier alpha value is -1.20. The zero-order valence-corrected chi connectivity index (χ0v) is 10.0. The maximum atomic E-state index is 11.7. The van der Waals surface area contributed by atoms with Crippen LogP contribution in [-0.4, -0.2) is 21.9 Å². The SMILES string of the molecule is CCC(C)[C@H](N)C(=O)Nc1cc(Cl)ncn1. The molecule has 16 heavy (non-hydrogen) atoms. The molecule has 0 aliphatic rings. The van der Waals surface area contributed by atoms with Crippen molar-refractivity contribution in [1.82, 2.24) is 9.97 Å². The number of rotatable bonds is 4. The number of amides is 1. The molecule has 0 aliphatic heterocycles. The summed E-state index contributed by atoms with van der Waals surface area (Å²) in [4.78, 5) is 19.3. The molecule has 3 N–H and O–H groups in total. The molecule has 6 heteroatoms. The summed E-state index contributed by atoms with van der Waals surface area (Å²) in [5, 5.41) is 2.88. The molecule has 1 rings (SSSR count). The average molecular weight is 243 g/mol. The molecule has 1 aromatic heterocycles. The Morgan fingerprint density at radius 3 is 2.88 bits per heavy atom. The first-order valence-corrected chi connectivity index (χ1v) is 5.46. The van der Waals surface area contributed by atoms with Crippen LogP contribution >= 0.6 is 11.6 Å². The minimum absolute atomic E-state index is 0.123. The molecule has 2 atom stereocenters. The van der Waals surface area contributed by atoms with Gasteiger partial charge in [0.05, 0.1) is 6.04 Å². The molecule has 0 radical (unpaired) electrons. The van der Waals surface area contributed by atoms with Gasteiger partial charge in [0.2, 0.25) is 5.91 Å². The largest absolute Gasteiger partial charge is 0.320 e. The third-order valence-corrected chi connectivity index (χ3v) is 2.65. The summed E-state index contributed by atoms with van der Waals surface area (Å²) in [6.07, 6.45) is 2.13. The monoisotopic (exact) mass is 242 g/mol. The molecule has 1 heterocycles. The number of nitrogens with zero attached hydrogens (tertiary/aromatic N) is 2. The van der Waals surface area contributed by atoms with E-state index in [-0.39, 0.29) is 17.0 Å². The summed E-state index contributed by atoms with van der Waals surface area (Å²) in [6.45, 7) is 3.91. The van der Waals surface area contributed by atoms with Crippen molar-refractivity contribution in [2.75, 3.05) is 5.32 Å². The fraction of sp³-hybridized carbons (Fsp3) is 0.500. The summed E-state index contributed by atoms with van der Waals surface area (Å²) in [7, 11) is 0. The van der Waals surface area contributed by atoms with Gasteiger partial charge < -0.3 is 11.1 Å². The van der Waals surface area contributed by atoms with Crippen LogP contribution in [0.5, 0.6) is 0 Å². The number of anilines is 1. The van der Waals surface area contributed by atoms with E-state index in [1.165, 1.54) is 12.4 Å². The predicted molar refractivity (Wildman–Crippen MR) is 63.1 cm³/mol. The van der Waals surface area contributed by atoms with Crippen molar-refractivity contribution < 1.29 is 4.79 Å². The van der Waals surface area contributed by atoms with Gasteiger partial charge in [-0.1, -0.05) is 31.9 Å². The van der Waals surface area contributed by atoms with E-state index in [4.69, 9.17) is 17.3 Å². The Morgan fingerprint density at radius 1 is 1.62 bits per heavy atom. The topological polar surface area (TPSA) is 80.9 Å². The third-order valence-electron chi connectivity index (χ3n) is 2.44. The molecular formula is C10H15ClN4O. The van der Waals surface area contributed by atoms with E-state index in [1.807, 2.05) is 13.8 Å². The zero-order valence-electron chi connectivity index (χ0n) is 9.27. The average Bonchev–Trinajstić information content (AvgIpc) is 2.27. The Balaban J connectivity index is 2.64. The van der Waals surface area contributed by atoms with Gasteiger partial charge in [-0.2, -0.15) is 0 Å². The number of carbonyl (C=O) groups excluding carboxylic acids is 1. The lowest BCUT2D eigenvalue weighted by Gasteiger charge is -2.17. The molecule has 0 fully saturated rings. The second kappa shape index (κ2) is 5.77. The van der Waals surface area contributed by atoms with E-state index in [0.29, 0.717) is 5.82 Å². The second-order valence-electron chi connectivity index (χ2n) is 3.63. The van der Waals surface area contributed by atoms with Gasteiger partial charge in [-0.25, -0.2) is 9.97 Å². The highest BCUT2D eigenvalue weighted by molar-refractivity contribution is 6.29. The number of aromatic nitrogens is 2. The van der Waals surface area contributed by atoms with Crippen LogP contribution in [0.2, 0.25) is 5.15 Å². The van der Waals surface area contributed by atoms with Gasteiger partial charge in [0, 0.05) is 6.07 Å². The van der Waals surface area contributed by atoms with Crippen LogP contribution in [-0.2, 0) is 4.79 Å². The van der Waals surface area contributed by atoms with E-state index >= 15 is 0 Å². The fourth-order valence-corrected chi connectivity index (χ4v) is 1.27. The summed E-state index contributed by atoms with van der Waals surface area (Å²) in [6, 6.07) is 0.932. The van der Waals surface area contributed by atoms with E-state index in [0.717, 1.165) is 6.42 Å². The first kappa shape index (κ1) is 12.9. The molecule has 1 amide bonds. The molecule has 1 unspecified atom stereocenters. The van der Waals surface area contributed by atoms with Crippen molar-refractivity contribution in [3.05, 3.63) is 17.5 Å². The van der Waals surface area contributed by atoms with Crippen LogP contribution in [0.15, 0.2) is 12.4 Å². The maximum Gasteiger partial charge on any atom is 0.242 e. The standard InChI is InChI=1S/C10H15ClN4O/c1-3-6(2)9(12)10(16)15-8-4-7(11)13-5-14-8/h4-6,9H,3,12H2,1-2H3,(H,13,14,15,16)/t6?,9-/m0/s1. The molecule has 88 valence electrons. The first-order valence-electron chi connectivity index (χ1n) is 5.08. The van der Waals surface area contributed by atoms with E-state index in [2.05, 4.69) is 15.3 Å². The smallest absolute Gasteiger partial charge is 0.242 e. The highest BCUT2D eigenvalue weighted by Gasteiger charge is 2.19. The van der Waals surface area contributed by atoms with E-state index in [1.54, 1.807) is 0 Å². The lowest BCUT2D eigenvalue weighted by molar-refractivity contribution is -0.118. The van der Waals surface area contributed by atoms with Crippen molar-refractivity contribution in [2.45, 2.75) is 26.3 Å². The third kappa shape index (κ3) is 3.43. The normalized spacial score (nSPS) is 14.2. The number of hydrogen-bond donors (Lipinski definition) is 2. The Bertz CT molecular complexity index is 372. The van der Waals surface area contributed by atoms with Crippen LogP contribution in [0.4, 0.5) is 5.82 Å². The molecule has 1 aromatic rings. The minimum Gasteiger partial charge on any atom is -0.320 e. The molecular weight excluding hydrogens is 228 g/mol. The van der Waals surface area contributed by atoms with Gasteiger partial charge in [-0.05, 0) is 5.92 Å². The van der Waals surface area contributed by atoms with Gasteiger partial charge in [0.1, 0.15) is 17.3 Å². The van der Waals surface area contributed by atoms with Crippen LogP contribution in [0.3, 0.4) is 0 Å². The van der Waals surface area contributed by atoms with Crippen molar-refractivity contribution in [3.8, 4) is 0 Å². The van der Waals surface area contributed by atoms with Crippen LogP contribution in [0.25, 0.3) is 0 Å². The second-order valence-corrected chi connectivity index (χ2v) is 4.01. The summed E-state index contributed by atoms with van der Waals surface area (Å²) >= 11 is 5.66.